The van der Waals surface area contributed by atoms with Crippen molar-refractivity contribution < 1.29 is 14.3 Å². The minimum absolute atomic E-state index is 0.0132. The Hall–Kier alpha value is -2.04. The van der Waals surface area contributed by atoms with E-state index in [1.807, 2.05) is 26.8 Å². The van der Waals surface area contributed by atoms with Crippen molar-refractivity contribution in [2.45, 2.75) is 71.8 Å². The fourth-order valence-corrected chi connectivity index (χ4v) is 2.95. The van der Waals surface area contributed by atoms with Crippen LogP contribution in [0.15, 0.2) is 18.2 Å². The van der Waals surface area contributed by atoms with Crippen LogP contribution in [-0.4, -0.2) is 30.5 Å². The van der Waals surface area contributed by atoms with E-state index in [9.17, 15) is 9.59 Å². The SMILES string of the molecule is CCC(C)(C)c1ccc2c(c1)N(CCCC(=O)NC(C)(C)C)C(=O)CO2. The number of carbonyl (C=O) groups excluding carboxylic acids is 2. The van der Waals surface area contributed by atoms with Crippen LogP contribution in [-0.2, 0) is 15.0 Å². The molecule has 0 radical (unpaired) electrons. The molecule has 0 fully saturated rings. The Morgan fingerprint density at radius 3 is 2.54 bits per heavy atom. The fraction of sp³-hybridized carbons (Fsp3) is 0.619. The van der Waals surface area contributed by atoms with E-state index >= 15 is 0 Å². The third kappa shape index (κ3) is 4.99. The molecule has 1 aromatic carbocycles. The molecule has 5 nitrogen and oxygen atoms in total. The summed E-state index contributed by atoms with van der Waals surface area (Å²) in [5.74, 6) is 0.693. The molecule has 0 bridgehead atoms. The lowest BCUT2D eigenvalue weighted by Crippen LogP contribution is -2.42. The van der Waals surface area contributed by atoms with Crippen molar-refractivity contribution in [3.05, 3.63) is 23.8 Å². The average molecular weight is 360 g/mol. The second-order valence-electron chi connectivity index (χ2n) is 8.66. The van der Waals surface area contributed by atoms with Gasteiger partial charge < -0.3 is 15.0 Å². The largest absolute Gasteiger partial charge is 0.482 e. The van der Waals surface area contributed by atoms with Crippen LogP contribution < -0.4 is 15.0 Å². The molecular formula is C21H32N2O3. The molecule has 0 spiro atoms. The van der Waals surface area contributed by atoms with Crippen LogP contribution in [0.1, 0.15) is 66.4 Å². The van der Waals surface area contributed by atoms with Gasteiger partial charge in [0, 0.05) is 18.5 Å². The molecule has 1 heterocycles. The van der Waals surface area contributed by atoms with Gasteiger partial charge >= 0.3 is 0 Å². The van der Waals surface area contributed by atoms with Gasteiger partial charge in [-0.05, 0) is 56.7 Å². The summed E-state index contributed by atoms with van der Waals surface area (Å²) >= 11 is 0. The molecule has 26 heavy (non-hydrogen) atoms. The highest BCUT2D eigenvalue weighted by Crippen LogP contribution is 2.37. The first-order valence-electron chi connectivity index (χ1n) is 9.42. The van der Waals surface area contributed by atoms with E-state index in [-0.39, 0.29) is 29.4 Å². The van der Waals surface area contributed by atoms with Crippen LogP contribution in [0.25, 0.3) is 0 Å². The molecular weight excluding hydrogens is 328 g/mol. The van der Waals surface area contributed by atoms with Crippen LogP contribution in [0.4, 0.5) is 5.69 Å². The van der Waals surface area contributed by atoms with Crippen LogP contribution in [0, 0.1) is 0 Å². The summed E-state index contributed by atoms with van der Waals surface area (Å²) in [6.45, 7) is 13.0. The van der Waals surface area contributed by atoms with Crippen molar-refractivity contribution >= 4 is 17.5 Å². The number of nitrogens with zero attached hydrogens (tertiary/aromatic N) is 1. The van der Waals surface area contributed by atoms with Gasteiger partial charge in [0.25, 0.3) is 5.91 Å². The molecule has 5 heteroatoms. The second-order valence-corrected chi connectivity index (χ2v) is 8.66. The average Bonchev–Trinajstić information content (AvgIpc) is 2.54. The molecule has 1 aliphatic heterocycles. The van der Waals surface area contributed by atoms with E-state index < -0.39 is 0 Å². The maximum absolute atomic E-state index is 12.4. The molecule has 0 aliphatic carbocycles. The molecule has 0 saturated carbocycles. The predicted octanol–water partition coefficient (Wildman–Crippen LogP) is 3.79. The molecule has 1 aliphatic rings. The van der Waals surface area contributed by atoms with Crippen molar-refractivity contribution in [1.82, 2.24) is 5.32 Å². The highest BCUT2D eigenvalue weighted by molar-refractivity contribution is 5.98. The molecule has 0 aromatic heterocycles. The van der Waals surface area contributed by atoms with Gasteiger partial charge in [-0.15, -0.1) is 0 Å². The fourth-order valence-electron chi connectivity index (χ4n) is 2.95. The minimum atomic E-state index is -0.237. The smallest absolute Gasteiger partial charge is 0.265 e. The van der Waals surface area contributed by atoms with Gasteiger partial charge in [-0.1, -0.05) is 26.8 Å². The number of rotatable bonds is 6. The zero-order valence-corrected chi connectivity index (χ0v) is 16.9. The highest BCUT2D eigenvalue weighted by Gasteiger charge is 2.28. The maximum atomic E-state index is 12.4. The van der Waals surface area contributed by atoms with E-state index in [2.05, 4.69) is 38.2 Å². The summed E-state index contributed by atoms with van der Waals surface area (Å²) < 4.78 is 5.59. The topological polar surface area (TPSA) is 58.6 Å². The van der Waals surface area contributed by atoms with Crippen molar-refractivity contribution in [1.29, 1.82) is 0 Å². The number of amides is 2. The number of benzene rings is 1. The molecule has 0 atom stereocenters. The van der Waals surface area contributed by atoms with Gasteiger partial charge in [-0.3, -0.25) is 9.59 Å². The lowest BCUT2D eigenvalue weighted by molar-refractivity contribution is -0.123. The van der Waals surface area contributed by atoms with E-state index in [0.29, 0.717) is 19.4 Å². The number of anilines is 1. The Morgan fingerprint density at radius 1 is 1.23 bits per heavy atom. The number of nitrogens with one attached hydrogen (secondary N) is 1. The number of hydrogen-bond acceptors (Lipinski definition) is 3. The third-order valence-corrected chi connectivity index (χ3v) is 4.87. The monoisotopic (exact) mass is 360 g/mol. The van der Waals surface area contributed by atoms with Crippen LogP contribution in [0.3, 0.4) is 0 Å². The van der Waals surface area contributed by atoms with E-state index in [0.717, 1.165) is 17.9 Å². The lowest BCUT2D eigenvalue weighted by Gasteiger charge is -2.32. The second kappa shape index (κ2) is 7.68. The Balaban J connectivity index is 2.11. The zero-order chi connectivity index (χ0) is 19.5. The molecule has 0 unspecified atom stereocenters. The molecule has 2 rings (SSSR count). The van der Waals surface area contributed by atoms with Gasteiger partial charge in [-0.25, -0.2) is 0 Å². The van der Waals surface area contributed by atoms with E-state index in [1.165, 1.54) is 5.56 Å². The number of ether oxygens (including phenoxy) is 1. The van der Waals surface area contributed by atoms with Crippen molar-refractivity contribution in [2.24, 2.45) is 0 Å². The Kier molecular flexibility index (Phi) is 5.99. The Labute approximate surface area is 157 Å². The van der Waals surface area contributed by atoms with Crippen molar-refractivity contribution in [3.8, 4) is 5.75 Å². The zero-order valence-electron chi connectivity index (χ0n) is 16.9. The van der Waals surface area contributed by atoms with E-state index in [1.54, 1.807) is 4.90 Å². The van der Waals surface area contributed by atoms with Gasteiger partial charge in [0.2, 0.25) is 5.91 Å². The molecule has 1 N–H and O–H groups in total. The van der Waals surface area contributed by atoms with Crippen molar-refractivity contribution in [3.63, 3.8) is 0 Å². The number of fused-ring (bicyclic) bond motifs is 1. The minimum Gasteiger partial charge on any atom is -0.482 e. The summed E-state index contributed by atoms with van der Waals surface area (Å²) in [7, 11) is 0. The van der Waals surface area contributed by atoms with Gasteiger partial charge in [0.05, 0.1) is 5.69 Å². The third-order valence-electron chi connectivity index (χ3n) is 4.87. The van der Waals surface area contributed by atoms with Crippen LogP contribution >= 0.6 is 0 Å². The first-order chi connectivity index (χ1) is 12.0. The Morgan fingerprint density at radius 2 is 1.92 bits per heavy atom. The number of hydrogen-bond donors (Lipinski definition) is 1. The summed E-state index contributed by atoms with van der Waals surface area (Å²) in [6.07, 6.45) is 2.03. The van der Waals surface area contributed by atoms with Crippen LogP contribution in [0.2, 0.25) is 0 Å². The predicted molar refractivity (Wildman–Crippen MR) is 105 cm³/mol. The molecule has 0 saturated heterocycles. The molecule has 1 aromatic rings. The summed E-state index contributed by atoms with van der Waals surface area (Å²) in [5, 5.41) is 2.96. The van der Waals surface area contributed by atoms with Crippen molar-refractivity contribution in [2.75, 3.05) is 18.1 Å². The first kappa shape index (κ1) is 20.3. The summed E-state index contributed by atoms with van der Waals surface area (Å²) in [5.41, 5.74) is 1.80. The standard InChI is InChI=1S/C21H32N2O3/c1-7-21(5,6)15-10-11-17-16(13-15)23(19(25)14-26-17)12-8-9-18(24)22-20(2,3)4/h10-11,13H,7-9,12,14H2,1-6H3,(H,22,24). The first-order valence-corrected chi connectivity index (χ1v) is 9.42. The van der Waals surface area contributed by atoms with Gasteiger partial charge in [-0.2, -0.15) is 0 Å². The van der Waals surface area contributed by atoms with Gasteiger partial charge in [0.15, 0.2) is 6.61 Å². The summed E-state index contributed by atoms with van der Waals surface area (Å²) in [4.78, 5) is 26.2. The highest BCUT2D eigenvalue weighted by atomic mass is 16.5. The normalized spacial score (nSPS) is 14.7. The lowest BCUT2D eigenvalue weighted by atomic mass is 9.82. The molecule has 144 valence electrons. The van der Waals surface area contributed by atoms with Crippen LogP contribution in [0.5, 0.6) is 5.75 Å². The van der Waals surface area contributed by atoms with E-state index in [4.69, 9.17) is 4.74 Å². The molecule has 2 amide bonds. The number of carbonyl (C=O) groups is 2. The van der Waals surface area contributed by atoms with Gasteiger partial charge in [0.1, 0.15) is 5.75 Å². The summed E-state index contributed by atoms with van der Waals surface area (Å²) in [6, 6.07) is 6.09. The quantitative estimate of drug-likeness (QED) is 0.839. The Bertz CT molecular complexity index is 674. The maximum Gasteiger partial charge on any atom is 0.265 e.